The van der Waals surface area contributed by atoms with Gasteiger partial charge < -0.3 is 15.6 Å². The Morgan fingerprint density at radius 2 is 2.08 bits per heavy atom. The maximum atomic E-state index is 9.29. The monoisotopic (exact) mass is 189 g/mol. The molecule has 0 aromatic rings. The van der Waals surface area contributed by atoms with Crippen LogP contribution in [-0.4, -0.2) is 32.0 Å². The molecule has 0 aromatic carbocycles. The summed E-state index contributed by atoms with van der Waals surface area (Å²) >= 11 is 0. The van der Waals surface area contributed by atoms with Gasteiger partial charge in [0.2, 0.25) is 0 Å². The van der Waals surface area contributed by atoms with Crippen molar-refractivity contribution in [3.63, 3.8) is 0 Å². The van der Waals surface area contributed by atoms with E-state index in [9.17, 15) is 5.11 Å². The van der Waals surface area contributed by atoms with Gasteiger partial charge in [0.05, 0.1) is 0 Å². The summed E-state index contributed by atoms with van der Waals surface area (Å²) in [5.74, 6) is 0. The summed E-state index contributed by atoms with van der Waals surface area (Å²) in [7, 11) is 1.70. The van der Waals surface area contributed by atoms with E-state index in [1.807, 2.05) is 0 Å². The van der Waals surface area contributed by atoms with Crippen LogP contribution in [0.15, 0.2) is 0 Å². The van der Waals surface area contributed by atoms with Crippen LogP contribution in [-0.2, 0) is 4.74 Å². The Hall–Kier alpha value is -0.120. The van der Waals surface area contributed by atoms with Gasteiger partial charge in [0.15, 0.2) is 0 Å². The van der Waals surface area contributed by atoms with Crippen LogP contribution in [0.25, 0.3) is 0 Å². The van der Waals surface area contributed by atoms with E-state index in [1.54, 1.807) is 7.11 Å². The summed E-state index contributed by atoms with van der Waals surface area (Å²) in [6.07, 6.45) is 4.02. The minimum Gasteiger partial charge on any atom is -0.396 e. The van der Waals surface area contributed by atoms with Crippen LogP contribution < -0.4 is 5.73 Å². The number of aliphatic hydroxyl groups excluding tert-OH is 1. The number of methoxy groups -OCH3 is 1. The normalized spacial score (nSPS) is 15.7. The Morgan fingerprint density at radius 3 is 2.46 bits per heavy atom. The van der Waals surface area contributed by atoms with Crippen molar-refractivity contribution in [3.8, 4) is 0 Å². The first-order valence-corrected chi connectivity index (χ1v) is 5.04. The van der Waals surface area contributed by atoms with Crippen molar-refractivity contribution in [2.75, 3.05) is 26.9 Å². The van der Waals surface area contributed by atoms with E-state index in [4.69, 9.17) is 10.5 Å². The van der Waals surface area contributed by atoms with E-state index < -0.39 is 0 Å². The lowest BCUT2D eigenvalue weighted by molar-refractivity contribution is 0.0951. The average molecular weight is 189 g/mol. The third kappa shape index (κ3) is 4.60. The molecule has 3 N–H and O–H groups in total. The molecule has 3 nitrogen and oxygen atoms in total. The predicted octanol–water partition coefficient (Wildman–Crippen LogP) is 1.15. The standard InChI is InChI=1S/C10H23NO2/c1-3-5-10(8-11,9-12)6-4-7-13-2/h12H,3-9,11H2,1-2H3. The zero-order valence-corrected chi connectivity index (χ0v) is 8.88. The van der Waals surface area contributed by atoms with Crippen molar-refractivity contribution in [2.45, 2.75) is 32.6 Å². The van der Waals surface area contributed by atoms with Gasteiger partial charge in [0, 0.05) is 32.3 Å². The predicted molar refractivity (Wildman–Crippen MR) is 54.6 cm³/mol. The fraction of sp³-hybridized carbons (Fsp3) is 1.00. The summed E-state index contributed by atoms with van der Waals surface area (Å²) in [4.78, 5) is 0. The van der Waals surface area contributed by atoms with Gasteiger partial charge in [0.25, 0.3) is 0 Å². The lowest BCUT2D eigenvalue weighted by Gasteiger charge is -2.30. The van der Waals surface area contributed by atoms with E-state index >= 15 is 0 Å². The molecule has 0 aliphatic carbocycles. The van der Waals surface area contributed by atoms with Gasteiger partial charge in [-0.15, -0.1) is 0 Å². The fourth-order valence-electron chi connectivity index (χ4n) is 1.67. The largest absolute Gasteiger partial charge is 0.396 e. The van der Waals surface area contributed by atoms with Crippen LogP contribution in [0.4, 0.5) is 0 Å². The molecule has 80 valence electrons. The fourth-order valence-corrected chi connectivity index (χ4v) is 1.67. The third-order valence-electron chi connectivity index (χ3n) is 2.60. The second-order valence-corrected chi connectivity index (χ2v) is 3.71. The Labute approximate surface area is 81.3 Å². The molecule has 0 radical (unpaired) electrons. The highest BCUT2D eigenvalue weighted by atomic mass is 16.5. The van der Waals surface area contributed by atoms with Crippen LogP contribution in [0.5, 0.6) is 0 Å². The van der Waals surface area contributed by atoms with Crippen molar-refractivity contribution in [1.82, 2.24) is 0 Å². The molecule has 1 atom stereocenters. The van der Waals surface area contributed by atoms with Gasteiger partial charge >= 0.3 is 0 Å². The molecule has 0 saturated carbocycles. The summed E-state index contributed by atoms with van der Waals surface area (Å²) in [6.45, 7) is 3.64. The number of hydrogen-bond donors (Lipinski definition) is 2. The smallest absolute Gasteiger partial charge is 0.0499 e. The van der Waals surface area contributed by atoms with Crippen LogP contribution in [0, 0.1) is 5.41 Å². The Bertz CT molecular complexity index is 113. The van der Waals surface area contributed by atoms with Crippen LogP contribution in [0.3, 0.4) is 0 Å². The van der Waals surface area contributed by atoms with Gasteiger partial charge in [-0.1, -0.05) is 13.3 Å². The molecule has 0 bridgehead atoms. The minimum atomic E-state index is -0.0622. The SMILES string of the molecule is CCCC(CN)(CO)CCCOC. The van der Waals surface area contributed by atoms with Crippen LogP contribution in [0.2, 0.25) is 0 Å². The molecule has 0 spiro atoms. The first kappa shape index (κ1) is 12.9. The molecule has 0 aliphatic heterocycles. The van der Waals surface area contributed by atoms with Crippen molar-refractivity contribution in [1.29, 1.82) is 0 Å². The van der Waals surface area contributed by atoms with Crippen molar-refractivity contribution >= 4 is 0 Å². The zero-order chi connectivity index (χ0) is 10.2. The molecule has 0 aliphatic rings. The van der Waals surface area contributed by atoms with Gasteiger partial charge in [-0.2, -0.15) is 0 Å². The van der Waals surface area contributed by atoms with Crippen molar-refractivity contribution in [3.05, 3.63) is 0 Å². The summed E-state index contributed by atoms with van der Waals surface area (Å²) in [5, 5.41) is 9.29. The highest BCUT2D eigenvalue weighted by molar-refractivity contribution is 4.79. The molecule has 0 fully saturated rings. The second-order valence-electron chi connectivity index (χ2n) is 3.71. The van der Waals surface area contributed by atoms with E-state index in [0.29, 0.717) is 6.54 Å². The number of aliphatic hydroxyl groups is 1. The number of hydrogen-bond acceptors (Lipinski definition) is 3. The highest BCUT2D eigenvalue weighted by Gasteiger charge is 2.25. The molecular weight excluding hydrogens is 166 g/mol. The Kier molecular flexibility index (Phi) is 7.23. The molecule has 0 rings (SSSR count). The number of ether oxygens (including phenoxy) is 1. The maximum Gasteiger partial charge on any atom is 0.0499 e. The first-order chi connectivity index (χ1) is 6.24. The van der Waals surface area contributed by atoms with Crippen molar-refractivity contribution < 1.29 is 9.84 Å². The molecule has 1 unspecified atom stereocenters. The zero-order valence-electron chi connectivity index (χ0n) is 8.88. The lowest BCUT2D eigenvalue weighted by atomic mass is 9.80. The van der Waals surface area contributed by atoms with E-state index in [0.717, 1.165) is 32.3 Å². The molecule has 0 heterocycles. The van der Waals surface area contributed by atoms with E-state index in [2.05, 4.69) is 6.92 Å². The Balaban J connectivity index is 3.89. The number of nitrogens with two attached hydrogens (primary N) is 1. The molecular formula is C10H23NO2. The summed E-state index contributed by atoms with van der Waals surface area (Å²) < 4.78 is 4.98. The first-order valence-electron chi connectivity index (χ1n) is 5.04. The molecule has 0 aromatic heterocycles. The van der Waals surface area contributed by atoms with E-state index in [1.165, 1.54) is 0 Å². The topological polar surface area (TPSA) is 55.5 Å². The van der Waals surface area contributed by atoms with Gasteiger partial charge in [0.1, 0.15) is 0 Å². The van der Waals surface area contributed by atoms with Gasteiger partial charge in [-0.25, -0.2) is 0 Å². The van der Waals surface area contributed by atoms with Gasteiger partial charge in [-0.05, 0) is 19.3 Å². The number of rotatable bonds is 8. The minimum absolute atomic E-state index is 0.0622. The van der Waals surface area contributed by atoms with E-state index in [-0.39, 0.29) is 12.0 Å². The van der Waals surface area contributed by atoms with Crippen LogP contribution in [0.1, 0.15) is 32.6 Å². The highest BCUT2D eigenvalue weighted by Crippen LogP contribution is 2.27. The summed E-state index contributed by atoms with van der Waals surface area (Å²) in [5.41, 5.74) is 5.62. The molecule has 13 heavy (non-hydrogen) atoms. The quantitative estimate of drug-likeness (QED) is 0.563. The van der Waals surface area contributed by atoms with Crippen molar-refractivity contribution in [2.24, 2.45) is 11.1 Å². The second kappa shape index (κ2) is 7.30. The third-order valence-corrected chi connectivity index (χ3v) is 2.60. The maximum absolute atomic E-state index is 9.29. The van der Waals surface area contributed by atoms with Gasteiger partial charge in [-0.3, -0.25) is 0 Å². The average Bonchev–Trinajstić information content (AvgIpc) is 2.17. The molecule has 3 heteroatoms. The molecule has 0 saturated heterocycles. The summed E-state index contributed by atoms with van der Waals surface area (Å²) in [6, 6.07) is 0. The Morgan fingerprint density at radius 1 is 1.38 bits per heavy atom. The van der Waals surface area contributed by atoms with Crippen LogP contribution >= 0.6 is 0 Å². The molecule has 0 amide bonds. The lowest BCUT2D eigenvalue weighted by Crippen LogP contribution is -2.34.